The summed E-state index contributed by atoms with van der Waals surface area (Å²) >= 11 is 1.76. The lowest BCUT2D eigenvalue weighted by atomic mass is 10.0. The van der Waals surface area contributed by atoms with Crippen LogP contribution in [0.2, 0.25) is 0 Å². The second-order valence-electron chi connectivity index (χ2n) is 6.13. The molecule has 1 saturated heterocycles. The van der Waals surface area contributed by atoms with Crippen molar-refractivity contribution in [3.05, 3.63) is 30.3 Å². The Kier molecular flexibility index (Phi) is 4.86. The van der Waals surface area contributed by atoms with Crippen molar-refractivity contribution < 1.29 is 4.79 Å². The molecule has 2 fully saturated rings. The van der Waals surface area contributed by atoms with Crippen LogP contribution in [0.3, 0.4) is 0 Å². The number of carbonyl (C=O) groups excluding carboxylic acids is 1. The van der Waals surface area contributed by atoms with Gasteiger partial charge in [-0.2, -0.15) is 0 Å². The molecule has 0 radical (unpaired) electrons. The third kappa shape index (κ3) is 3.61. The van der Waals surface area contributed by atoms with Crippen LogP contribution in [0.15, 0.2) is 35.2 Å². The van der Waals surface area contributed by atoms with Crippen LogP contribution in [0.4, 0.5) is 0 Å². The van der Waals surface area contributed by atoms with Gasteiger partial charge in [0.15, 0.2) is 0 Å². The molecule has 1 saturated carbocycles. The van der Waals surface area contributed by atoms with Crippen LogP contribution in [-0.2, 0) is 4.79 Å². The maximum absolute atomic E-state index is 12.9. The van der Waals surface area contributed by atoms with Gasteiger partial charge < -0.3 is 10.6 Å². The molecule has 2 aliphatic rings. The molecule has 0 aromatic heterocycles. The first-order chi connectivity index (χ1) is 10.3. The van der Waals surface area contributed by atoms with E-state index in [0.29, 0.717) is 6.04 Å². The lowest BCUT2D eigenvalue weighted by molar-refractivity contribution is -0.124. The number of amides is 1. The summed E-state index contributed by atoms with van der Waals surface area (Å²) in [5.41, 5.74) is 0. The minimum atomic E-state index is -0.251. The van der Waals surface area contributed by atoms with Crippen molar-refractivity contribution in [1.82, 2.24) is 10.6 Å². The van der Waals surface area contributed by atoms with E-state index >= 15 is 0 Å². The van der Waals surface area contributed by atoms with Crippen molar-refractivity contribution in [1.29, 1.82) is 0 Å². The summed E-state index contributed by atoms with van der Waals surface area (Å²) in [6.07, 6.45) is 6.58. The average Bonchev–Trinajstić information content (AvgIpc) is 2.99. The van der Waals surface area contributed by atoms with Gasteiger partial charge in [-0.25, -0.2) is 0 Å². The number of hydrogen-bond donors (Lipinski definition) is 2. The summed E-state index contributed by atoms with van der Waals surface area (Å²) in [7, 11) is 0. The molecule has 1 aromatic carbocycles. The van der Waals surface area contributed by atoms with Gasteiger partial charge in [-0.15, -0.1) is 11.8 Å². The third-order valence-electron chi connectivity index (χ3n) is 4.51. The summed E-state index contributed by atoms with van der Waals surface area (Å²) in [5.74, 6) is 0.252. The molecule has 1 aliphatic heterocycles. The fourth-order valence-electron chi connectivity index (χ4n) is 3.33. The van der Waals surface area contributed by atoms with Crippen molar-refractivity contribution >= 4 is 17.7 Å². The second kappa shape index (κ2) is 6.84. The number of carbonyl (C=O) groups is 1. The highest BCUT2D eigenvalue weighted by molar-refractivity contribution is 8.01. The first kappa shape index (κ1) is 14.9. The Bertz CT molecular complexity index is 465. The molecule has 1 aliphatic carbocycles. The molecular weight excluding hydrogens is 280 g/mol. The molecule has 0 bridgehead atoms. The third-order valence-corrected chi connectivity index (χ3v) is 6.01. The van der Waals surface area contributed by atoms with Crippen molar-refractivity contribution in [2.24, 2.45) is 0 Å². The maximum Gasteiger partial charge on any atom is 0.236 e. The SMILES string of the molecule is O=C(N[C@H]1CCCNC1)C1(Sc2ccccc2)CCCC1. The van der Waals surface area contributed by atoms with Crippen LogP contribution in [0.1, 0.15) is 38.5 Å². The monoisotopic (exact) mass is 304 g/mol. The van der Waals surface area contributed by atoms with E-state index < -0.39 is 0 Å². The lowest BCUT2D eigenvalue weighted by Gasteiger charge is -2.31. The van der Waals surface area contributed by atoms with E-state index in [-0.39, 0.29) is 10.7 Å². The fourth-order valence-corrected chi connectivity index (χ4v) is 4.72. The van der Waals surface area contributed by atoms with Crippen LogP contribution in [-0.4, -0.2) is 29.8 Å². The lowest BCUT2D eigenvalue weighted by Crippen LogP contribution is -2.51. The summed E-state index contributed by atoms with van der Waals surface area (Å²) in [5, 5.41) is 6.67. The topological polar surface area (TPSA) is 41.1 Å². The molecule has 114 valence electrons. The normalized spacial score (nSPS) is 24.7. The Balaban J connectivity index is 1.69. The summed E-state index contributed by atoms with van der Waals surface area (Å²) in [4.78, 5) is 14.1. The van der Waals surface area contributed by atoms with Crippen molar-refractivity contribution in [3.8, 4) is 0 Å². The highest BCUT2D eigenvalue weighted by atomic mass is 32.2. The standard InChI is InChI=1S/C17H24N2OS/c20-16(19-14-7-6-12-18-13-14)17(10-4-5-11-17)21-15-8-2-1-3-9-15/h1-3,8-9,14,18H,4-7,10-13H2,(H,19,20)/t14-/m0/s1. The Labute approximate surface area is 131 Å². The van der Waals surface area contributed by atoms with Crippen molar-refractivity contribution in [3.63, 3.8) is 0 Å². The number of thioether (sulfide) groups is 1. The van der Waals surface area contributed by atoms with Gasteiger partial charge in [-0.3, -0.25) is 4.79 Å². The van der Waals surface area contributed by atoms with E-state index in [0.717, 1.165) is 51.6 Å². The largest absolute Gasteiger partial charge is 0.351 e. The Hall–Kier alpha value is -1.00. The molecule has 3 nitrogen and oxygen atoms in total. The number of rotatable bonds is 4. The zero-order valence-corrected chi connectivity index (χ0v) is 13.3. The van der Waals surface area contributed by atoms with Crippen LogP contribution in [0.5, 0.6) is 0 Å². The smallest absolute Gasteiger partial charge is 0.236 e. The van der Waals surface area contributed by atoms with Gasteiger partial charge in [-0.05, 0) is 44.4 Å². The van der Waals surface area contributed by atoms with E-state index in [4.69, 9.17) is 0 Å². The van der Waals surface area contributed by atoms with E-state index in [1.807, 2.05) is 18.2 Å². The van der Waals surface area contributed by atoms with E-state index in [1.54, 1.807) is 11.8 Å². The predicted octanol–water partition coefficient (Wildman–Crippen LogP) is 2.96. The number of nitrogens with one attached hydrogen (secondary N) is 2. The molecule has 0 unspecified atom stereocenters. The molecule has 21 heavy (non-hydrogen) atoms. The molecule has 2 N–H and O–H groups in total. The van der Waals surface area contributed by atoms with E-state index in [1.165, 1.54) is 4.90 Å². The van der Waals surface area contributed by atoms with E-state index in [9.17, 15) is 4.79 Å². The zero-order valence-electron chi connectivity index (χ0n) is 12.4. The Morgan fingerprint density at radius 3 is 2.62 bits per heavy atom. The minimum absolute atomic E-state index is 0.251. The highest BCUT2D eigenvalue weighted by Gasteiger charge is 2.42. The van der Waals surface area contributed by atoms with Crippen LogP contribution in [0, 0.1) is 0 Å². The second-order valence-corrected chi connectivity index (χ2v) is 7.59. The molecule has 0 spiro atoms. The number of piperidine rings is 1. The van der Waals surface area contributed by atoms with Crippen LogP contribution < -0.4 is 10.6 Å². The van der Waals surface area contributed by atoms with E-state index in [2.05, 4.69) is 22.8 Å². The quantitative estimate of drug-likeness (QED) is 0.898. The van der Waals surface area contributed by atoms with Gasteiger partial charge in [0.05, 0.1) is 4.75 Å². The molecule has 1 aromatic rings. The van der Waals surface area contributed by atoms with Gasteiger partial charge in [-0.1, -0.05) is 31.0 Å². The molecule has 4 heteroatoms. The first-order valence-corrected chi connectivity index (χ1v) is 8.86. The summed E-state index contributed by atoms with van der Waals surface area (Å²) < 4.78 is -0.251. The molecular formula is C17H24N2OS. The van der Waals surface area contributed by atoms with Gasteiger partial charge in [0.25, 0.3) is 0 Å². The minimum Gasteiger partial charge on any atom is -0.351 e. The molecule has 1 heterocycles. The van der Waals surface area contributed by atoms with Crippen LogP contribution >= 0.6 is 11.8 Å². The van der Waals surface area contributed by atoms with Crippen LogP contribution in [0.25, 0.3) is 0 Å². The maximum atomic E-state index is 12.9. The van der Waals surface area contributed by atoms with Gasteiger partial charge >= 0.3 is 0 Å². The fraction of sp³-hybridized carbons (Fsp3) is 0.588. The van der Waals surface area contributed by atoms with Crippen molar-refractivity contribution in [2.45, 2.75) is 54.2 Å². The molecule has 3 rings (SSSR count). The van der Waals surface area contributed by atoms with Gasteiger partial charge in [0.1, 0.15) is 0 Å². The molecule has 1 atom stereocenters. The average molecular weight is 304 g/mol. The summed E-state index contributed by atoms with van der Waals surface area (Å²) in [6, 6.07) is 10.7. The highest BCUT2D eigenvalue weighted by Crippen LogP contribution is 2.45. The predicted molar refractivity (Wildman–Crippen MR) is 87.5 cm³/mol. The number of benzene rings is 1. The summed E-state index contributed by atoms with van der Waals surface area (Å²) in [6.45, 7) is 1.99. The van der Waals surface area contributed by atoms with Gasteiger partial charge in [0, 0.05) is 17.5 Å². The Morgan fingerprint density at radius 2 is 1.95 bits per heavy atom. The zero-order chi connectivity index (χ0) is 14.5. The van der Waals surface area contributed by atoms with Gasteiger partial charge in [0.2, 0.25) is 5.91 Å². The molecule has 1 amide bonds. The number of hydrogen-bond acceptors (Lipinski definition) is 3. The Morgan fingerprint density at radius 1 is 1.19 bits per heavy atom. The van der Waals surface area contributed by atoms with Crippen molar-refractivity contribution in [2.75, 3.05) is 13.1 Å². The first-order valence-electron chi connectivity index (χ1n) is 8.04.